The number of methoxy groups -OCH3 is 1. The molecule has 0 saturated carbocycles. The summed E-state index contributed by atoms with van der Waals surface area (Å²) in [5.74, 6) is 0.0943. The molecule has 2 N–H and O–H groups in total. The van der Waals surface area contributed by atoms with E-state index in [4.69, 9.17) is 4.74 Å². The van der Waals surface area contributed by atoms with Gasteiger partial charge in [-0.05, 0) is 61.7 Å². The topological polar surface area (TPSA) is 95.9 Å². The number of amides is 1. The van der Waals surface area contributed by atoms with Crippen molar-refractivity contribution in [2.24, 2.45) is 5.92 Å². The number of nitrogens with one attached hydrogen (secondary N) is 1. The van der Waals surface area contributed by atoms with Crippen LogP contribution in [0.3, 0.4) is 0 Å². The van der Waals surface area contributed by atoms with Crippen LogP contribution in [0.15, 0.2) is 47.4 Å². The van der Waals surface area contributed by atoms with E-state index >= 15 is 0 Å². The predicted octanol–water partition coefficient (Wildman–Crippen LogP) is 2.75. The number of phenols is 1. The van der Waals surface area contributed by atoms with E-state index in [1.54, 1.807) is 24.3 Å². The molecule has 1 fully saturated rings. The molecular formula is C20H24N2O5S. The van der Waals surface area contributed by atoms with Crippen molar-refractivity contribution in [2.75, 3.05) is 25.5 Å². The second-order valence-corrected chi connectivity index (χ2v) is 8.80. The summed E-state index contributed by atoms with van der Waals surface area (Å²) in [5, 5.41) is 12.6. The predicted molar refractivity (Wildman–Crippen MR) is 106 cm³/mol. The number of aryl methyl sites for hydroxylation is 1. The van der Waals surface area contributed by atoms with Crippen molar-refractivity contribution in [2.45, 2.75) is 24.7 Å². The molecule has 1 saturated heterocycles. The summed E-state index contributed by atoms with van der Waals surface area (Å²) in [7, 11) is -2.08. The van der Waals surface area contributed by atoms with Crippen LogP contribution < -0.4 is 10.1 Å². The second-order valence-electron chi connectivity index (χ2n) is 6.86. The highest BCUT2D eigenvalue weighted by Gasteiger charge is 2.32. The van der Waals surface area contributed by atoms with E-state index in [1.165, 1.54) is 29.6 Å². The average Bonchev–Trinajstić information content (AvgIpc) is 2.71. The van der Waals surface area contributed by atoms with Crippen LogP contribution in [0.2, 0.25) is 0 Å². The van der Waals surface area contributed by atoms with Crippen molar-refractivity contribution in [1.29, 1.82) is 0 Å². The van der Waals surface area contributed by atoms with Gasteiger partial charge in [0, 0.05) is 19.0 Å². The molecule has 0 aliphatic carbocycles. The lowest BCUT2D eigenvalue weighted by Crippen LogP contribution is -2.41. The number of benzene rings is 2. The van der Waals surface area contributed by atoms with Gasteiger partial charge in [0.25, 0.3) is 0 Å². The first-order valence-electron chi connectivity index (χ1n) is 9.06. The maximum absolute atomic E-state index is 12.8. The standard InChI is InChI=1S/C20H24N2O5S/c1-14-3-8-19(23)18(13-14)21-20(24)15-9-11-22(12-10-15)28(25,26)17-6-4-16(27-2)5-7-17/h3-8,13,15,23H,9-12H2,1-2H3,(H,21,24). The van der Waals surface area contributed by atoms with Gasteiger partial charge in [-0.25, -0.2) is 8.42 Å². The van der Waals surface area contributed by atoms with Gasteiger partial charge < -0.3 is 15.2 Å². The third-order valence-electron chi connectivity index (χ3n) is 4.93. The number of piperidine rings is 1. The fourth-order valence-corrected chi connectivity index (χ4v) is 4.71. The van der Waals surface area contributed by atoms with E-state index in [1.807, 2.05) is 6.92 Å². The maximum atomic E-state index is 12.8. The molecule has 0 aromatic heterocycles. The minimum atomic E-state index is -3.60. The molecule has 1 aliphatic rings. The van der Waals surface area contributed by atoms with Crippen LogP contribution in [0.5, 0.6) is 11.5 Å². The van der Waals surface area contributed by atoms with Crippen LogP contribution in [0.25, 0.3) is 0 Å². The first-order valence-corrected chi connectivity index (χ1v) is 10.5. The zero-order valence-electron chi connectivity index (χ0n) is 15.9. The molecule has 0 bridgehead atoms. The Balaban J connectivity index is 1.63. The maximum Gasteiger partial charge on any atom is 0.243 e. The summed E-state index contributed by atoms with van der Waals surface area (Å²) in [6.45, 7) is 2.41. The van der Waals surface area contributed by atoms with Gasteiger partial charge in [0.2, 0.25) is 15.9 Å². The van der Waals surface area contributed by atoms with Crippen molar-refractivity contribution in [3.05, 3.63) is 48.0 Å². The van der Waals surface area contributed by atoms with Gasteiger partial charge in [-0.1, -0.05) is 6.07 Å². The number of anilines is 1. The van der Waals surface area contributed by atoms with E-state index < -0.39 is 10.0 Å². The van der Waals surface area contributed by atoms with Crippen LogP contribution >= 0.6 is 0 Å². The largest absolute Gasteiger partial charge is 0.506 e. The molecule has 2 aromatic rings. The minimum Gasteiger partial charge on any atom is -0.506 e. The Hall–Kier alpha value is -2.58. The number of ether oxygens (including phenoxy) is 1. The summed E-state index contributed by atoms with van der Waals surface area (Å²) >= 11 is 0. The van der Waals surface area contributed by atoms with Gasteiger partial charge in [-0.3, -0.25) is 4.79 Å². The van der Waals surface area contributed by atoms with Gasteiger partial charge in [-0.2, -0.15) is 4.31 Å². The smallest absolute Gasteiger partial charge is 0.243 e. The molecule has 1 heterocycles. The first-order chi connectivity index (χ1) is 13.3. The monoisotopic (exact) mass is 404 g/mol. The Kier molecular flexibility index (Phi) is 5.90. The van der Waals surface area contributed by atoms with Crippen LogP contribution in [0.1, 0.15) is 18.4 Å². The van der Waals surface area contributed by atoms with Crippen LogP contribution in [-0.2, 0) is 14.8 Å². The molecule has 150 valence electrons. The van der Waals surface area contributed by atoms with Crippen LogP contribution in [0, 0.1) is 12.8 Å². The molecule has 28 heavy (non-hydrogen) atoms. The van der Waals surface area contributed by atoms with Crippen molar-refractivity contribution in [3.8, 4) is 11.5 Å². The van der Waals surface area contributed by atoms with E-state index in [-0.39, 0.29) is 35.6 Å². The summed E-state index contributed by atoms with van der Waals surface area (Å²) in [6.07, 6.45) is 0.849. The van der Waals surface area contributed by atoms with Crippen LogP contribution in [-0.4, -0.2) is 43.9 Å². The first kappa shape index (κ1) is 20.2. The SMILES string of the molecule is COc1ccc(S(=O)(=O)N2CCC(C(=O)Nc3cc(C)ccc3O)CC2)cc1. The molecular weight excluding hydrogens is 380 g/mol. The number of carbonyl (C=O) groups is 1. The molecule has 1 amide bonds. The molecule has 8 heteroatoms. The Bertz CT molecular complexity index is 949. The third kappa shape index (κ3) is 4.28. The fourth-order valence-electron chi connectivity index (χ4n) is 3.24. The number of hydrogen-bond acceptors (Lipinski definition) is 5. The van der Waals surface area contributed by atoms with Crippen molar-refractivity contribution in [3.63, 3.8) is 0 Å². The molecule has 1 aliphatic heterocycles. The van der Waals surface area contributed by atoms with Gasteiger partial charge in [0.15, 0.2) is 0 Å². The average molecular weight is 404 g/mol. The molecule has 2 aromatic carbocycles. The minimum absolute atomic E-state index is 0.0125. The van der Waals surface area contributed by atoms with Gasteiger partial charge >= 0.3 is 0 Å². The number of hydrogen-bond donors (Lipinski definition) is 2. The van der Waals surface area contributed by atoms with Gasteiger partial charge in [0.05, 0.1) is 17.7 Å². The molecule has 0 radical (unpaired) electrons. The van der Waals surface area contributed by atoms with E-state index in [9.17, 15) is 18.3 Å². The number of aromatic hydroxyl groups is 1. The van der Waals surface area contributed by atoms with Crippen molar-refractivity contribution in [1.82, 2.24) is 4.31 Å². The van der Waals surface area contributed by atoms with E-state index in [2.05, 4.69) is 5.32 Å². The highest BCUT2D eigenvalue weighted by atomic mass is 32.2. The van der Waals surface area contributed by atoms with E-state index in [0.29, 0.717) is 24.3 Å². The molecule has 0 spiro atoms. The Morgan fingerprint density at radius 2 is 1.79 bits per heavy atom. The van der Waals surface area contributed by atoms with Gasteiger partial charge in [-0.15, -0.1) is 0 Å². The fraction of sp³-hybridized carbons (Fsp3) is 0.350. The summed E-state index contributed by atoms with van der Waals surface area (Å²) in [4.78, 5) is 12.7. The van der Waals surface area contributed by atoms with Crippen molar-refractivity contribution >= 4 is 21.6 Å². The summed E-state index contributed by atoms with van der Waals surface area (Å²) in [6, 6.07) is 11.3. The Morgan fingerprint density at radius 3 is 2.39 bits per heavy atom. The second kappa shape index (κ2) is 8.20. The number of nitrogens with zero attached hydrogens (tertiary/aromatic N) is 1. The number of rotatable bonds is 5. The molecule has 7 nitrogen and oxygen atoms in total. The highest BCUT2D eigenvalue weighted by molar-refractivity contribution is 7.89. The number of sulfonamides is 1. The quantitative estimate of drug-likeness (QED) is 0.747. The zero-order valence-corrected chi connectivity index (χ0v) is 16.7. The Labute approximate surface area is 165 Å². The Morgan fingerprint density at radius 1 is 1.14 bits per heavy atom. The molecule has 0 unspecified atom stereocenters. The summed E-state index contributed by atoms with van der Waals surface area (Å²) in [5.41, 5.74) is 1.30. The summed E-state index contributed by atoms with van der Waals surface area (Å²) < 4.78 is 32.0. The van der Waals surface area contributed by atoms with Crippen molar-refractivity contribution < 1.29 is 23.1 Å². The van der Waals surface area contributed by atoms with Gasteiger partial charge in [0.1, 0.15) is 11.5 Å². The molecule has 0 atom stereocenters. The lowest BCUT2D eigenvalue weighted by Gasteiger charge is -2.30. The lowest BCUT2D eigenvalue weighted by atomic mass is 9.97. The number of carbonyl (C=O) groups excluding carboxylic acids is 1. The van der Waals surface area contributed by atoms with Crippen LogP contribution in [0.4, 0.5) is 5.69 Å². The zero-order chi connectivity index (χ0) is 20.3. The normalized spacial score (nSPS) is 15.9. The lowest BCUT2D eigenvalue weighted by molar-refractivity contribution is -0.120. The highest BCUT2D eigenvalue weighted by Crippen LogP contribution is 2.28. The third-order valence-corrected chi connectivity index (χ3v) is 6.84. The van der Waals surface area contributed by atoms with E-state index in [0.717, 1.165) is 5.56 Å². The molecule has 3 rings (SSSR count). The number of phenolic OH excluding ortho intramolecular Hbond substituents is 1.